The number of carbonyl (C=O) groups is 1. The molecule has 6 heteroatoms. The van der Waals surface area contributed by atoms with Gasteiger partial charge in [-0.2, -0.15) is 5.10 Å². The van der Waals surface area contributed by atoms with Gasteiger partial charge in [-0.3, -0.25) is 4.79 Å². The molecule has 0 aliphatic rings. The van der Waals surface area contributed by atoms with Gasteiger partial charge in [0.2, 0.25) is 0 Å². The van der Waals surface area contributed by atoms with Gasteiger partial charge in [-0.15, -0.1) is 0 Å². The van der Waals surface area contributed by atoms with E-state index in [9.17, 15) is 4.79 Å². The molecule has 0 saturated heterocycles. The summed E-state index contributed by atoms with van der Waals surface area (Å²) in [5, 5.41) is 4.90. The van der Waals surface area contributed by atoms with Crippen LogP contribution in [0, 0.1) is 0 Å². The minimum atomic E-state index is -0.284. The van der Waals surface area contributed by atoms with Crippen molar-refractivity contribution in [3.05, 3.63) is 81.5 Å². The molecule has 1 amide bonds. The van der Waals surface area contributed by atoms with Crippen LogP contribution in [0.4, 0.5) is 0 Å². The van der Waals surface area contributed by atoms with Gasteiger partial charge in [0, 0.05) is 11.1 Å². The van der Waals surface area contributed by atoms with Crippen LogP contribution in [0.5, 0.6) is 0 Å². The van der Waals surface area contributed by atoms with Gasteiger partial charge in [0.05, 0.1) is 16.3 Å². The highest BCUT2D eigenvalue weighted by Crippen LogP contribution is 2.29. The Labute approximate surface area is 174 Å². The van der Waals surface area contributed by atoms with E-state index in [0.29, 0.717) is 27.1 Å². The third-order valence-electron chi connectivity index (χ3n) is 4.20. The van der Waals surface area contributed by atoms with Crippen LogP contribution >= 0.6 is 23.2 Å². The minimum Gasteiger partial charge on any atom is -0.455 e. The van der Waals surface area contributed by atoms with E-state index >= 15 is 0 Å². The Morgan fingerprint density at radius 1 is 1.00 bits per heavy atom. The van der Waals surface area contributed by atoms with E-state index in [1.807, 2.05) is 18.2 Å². The Bertz CT molecular complexity index is 1020. The van der Waals surface area contributed by atoms with Crippen LogP contribution in [0.15, 0.2) is 64.1 Å². The highest BCUT2D eigenvalue weighted by Gasteiger charge is 2.14. The second kappa shape index (κ2) is 8.21. The Balaban J connectivity index is 1.64. The lowest BCUT2D eigenvalue weighted by molar-refractivity contribution is 0.0955. The topological polar surface area (TPSA) is 54.6 Å². The maximum absolute atomic E-state index is 12.2. The normalized spacial score (nSPS) is 11.8. The number of hydrazone groups is 1. The third kappa shape index (κ3) is 4.83. The van der Waals surface area contributed by atoms with Crippen LogP contribution in [-0.4, -0.2) is 12.1 Å². The zero-order valence-corrected chi connectivity index (χ0v) is 17.3. The van der Waals surface area contributed by atoms with Gasteiger partial charge in [0.25, 0.3) is 5.91 Å². The first-order chi connectivity index (χ1) is 13.2. The average Bonchev–Trinajstić information content (AvgIpc) is 3.12. The molecule has 0 bridgehead atoms. The lowest BCUT2D eigenvalue weighted by Gasteiger charge is -2.18. The number of hydrogen-bond donors (Lipinski definition) is 1. The monoisotopic (exact) mass is 414 g/mol. The van der Waals surface area contributed by atoms with Crippen molar-refractivity contribution in [2.75, 3.05) is 0 Å². The first-order valence-electron chi connectivity index (χ1n) is 8.73. The highest BCUT2D eigenvalue weighted by molar-refractivity contribution is 6.42. The Morgan fingerprint density at radius 2 is 1.71 bits per heavy atom. The fraction of sp³-hybridized carbons (Fsp3) is 0.182. The van der Waals surface area contributed by atoms with E-state index in [1.165, 1.54) is 6.21 Å². The number of benzene rings is 2. The van der Waals surface area contributed by atoms with Gasteiger partial charge in [-0.1, -0.05) is 56.1 Å². The van der Waals surface area contributed by atoms with E-state index in [4.69, 9.17) is 27.6 Å². The van der Waals surface area contributed by atoms with E-state index in [-0.39, 0.29) is 11.3 Å². The van der Waals surface area contributed by atoms with Gasteiger partial charge >= 0.3 is 0 Å². The summed E-state index contributed by atoms with van der Waals surface area (Å²) < 4.78 is 5.70. The largest absolute Gasteiger partial charge is 0.455 e. The second-order valence-corrected chi connectivity index (χ2v) is 8.17. The summed E-state index contributed by atoms with van der Waals surface area (Å²) in [4.78, 5) is 12.2. The molecule has 0 saturated carbocycles. The smallest absolute Gasteiger partial charge is 0.271 e. The zero-order chi connectivity index (χ0) is 20.3. The predicted octanol–water partition coefficient (Wildman–Crippen LogP) is 6.31. The Kier molecular flexibility index (Phi) is 5.92. The van der Waals surface area contributed by atoms with Crippen molar-refractivity contribution < 1.29 is 9.21 Å². The van der Waals surface area contributed by atoms with Crippen LogP contribution in [0.25, 0.3) is 11.3 Å². The first kappa shape index (κ1) is 20.2. The van der Waals surface area contributed by atoms with Crippen LogP contribution in [0.3, 0.4) is 0 Å². The number of furan rings is 1. The minimum absolute atomic E-state index is 0.0401. The molecule has 0 aliphatic heterocycles. The third-order valence-corrected chi connectivity index (χ3v) is 4.94. The molecular weight excluding hydrogens is 395 g/mol. The fourth-order valence-corrected chi connectivity index (χ4v) is 2.87. The number of hydrogen-bond acceptors (Lipinski definition) is 3. The van der Waals surface area contributed by atoms with Crippen molar-refractivity contribution in [3.8, 4) is 11.3 Å². The fourth-order valence-electron chi connectivity index (χ4n) is 2.57. The van der Waals surface area contributed by atoms with Crippen molar-refractivity contribution in [1.82, 2.24) is 5.43 Å². The molecule has 3 aromatic rings. The number of halogens is 2. The molecule has 0 atom stereocenters. The lowest BCUT2D eigenvalue weighted by atomic mass is 9.87. The van der Waals surface area contributed by atoms with E-state index in [1.54, 1.807) is 36.4 Å². The van der Waals surface area contributed by atoms with Gasteiger partial charge < -0.3 is 4.42 Å². The summed E-state index contributed by atoms with van der Waals surface area (Å²) in [5.74, 6) is 0.849. The molecule has 2 aromatic carbocycles. The van der Waals surface area contributed by atoms with Crippen molar-refractivity contribution >= 4 is 35.3 Å². The highest BCUT2D eigenvalue weighted by atomic mass is 35.5. The SMILES string of the molecule is CC(C)(C)c1ccc(C(=O)N/N=C/c2ccc(-c3ccc(Cl)c(Cl)c3)o2)cc1. The molecule has 0 radical (unpaired) electrons. The van der Waals surface area contributed by atoms with Crippen molar-refractivity contribution in [3.63, 3.8) is 0 Å². The van der Waals surface area contributed by atoms with Gasteiger partial charge in [-0.05, 0) is 53.4 Å². The lowest BCUT2D eigenvalue weighted by Crippen LogP contribution is -2.18. The van der Waals surface area contributed by atoms with Crippen molar-refractivity contribution in [2.45, 2.75) is 26.2 Å². The van der Waals surface area contributed by atoms with Gasteiger partial charge in [0.1, 0.15) is 11.5 Å². The standard InChI is InChI=1S/C22H20Cl2N2O2/c1-22(2,3)16-7-4-14(5-8-16)21(27)26-25-13-17-9-11-20(28-17)15-6-10-18(23)19(24)12-15/h4-13H,1-3H3,(H,26,27)/b25-13+. The zero-order valence-electron chi connectivity index (χ0n) is 15.8. The molecule has 144 valence electrons. The number of nitrogens with zero attached hydrogens (tertiary/aromatic N) is 1. The summed E-state index contributed by atoms with van der Waals surface area (Å²) in [6.07, 6.45) is 1.45. The quantitative estimate of drug-likeness (QED) is 0.401. The number of amides is 1. The molecule has 0 spiro atoms. The van der Waals surface area contributed by atoms with Crippen LogP contribution in [0.2, 0.25) is 10.0 Å². The molecule has 28 heavy (non-hydrogen) atoms. The molecule has 1 N–H and O–H groups in total. The molecule has 0 aliphatic carbocycles. The summed E-state index contributed by atoms with van der Waals surface area (Å²) in [7, 11) is 0. The van der Waals surface area contributed by atoms with Gasteiger partial charge in [-0.25, -0.2) is 5.43 Å². The summed E-state index contributed by atoms with van der Waals surface area (Å²) in [6, 6.07) is 16.3. The van der Waals surface area contributed by atoms with E-state index in [0.717, 1.165) is 11.1 Å². The molecule has 4 nitrogen and oxygen atoms in total. The van der Waals surface area contributed by atoms with Crippen LogP contribution < -0.4 is 5.43 Å². The summed E-state index contributed by atoms with van der Waals surface area (Å²) in [6.45, 7) is 6.38. The second-order valence-electron chi connectivity index (χ2n) is 7.36. The number of rotatable bonds is 4. The van der Waals surface area contributed by atoms with Crippen molar-refractivity contribution in [2.24, 2.45) is 5.10 Å². The van der Waals surface area contributed by atoms with Gasteiger partial charge in [0.15, 0.2) is 0 Å². The first-order valence-corrected chi connectivity index (χ1v) is 9.49. The maximum atomic E-state index is 12.2. The molecule has 0 unspecified atom stereocenters. The van der Waals surface area contributed by atoms with Crippen molar-refractivity contribution in [1.29, 1.82) is 0 Å². The van der Waals surface area contributed by atoms with Crippen LogP contribution in [0.1, 0.15) is 42.5 Å². The molecule has 0 fully saturated rings. The number of carbonyl (C=O) groups excluding carboxylic acids is 1. The van der Waals surface area contributed by atoms with E-state index < -0.39 is 0 Å². The Hall–Kier alpha value is -2.56. The molecule has 3 rings (SSSR count). The Morgan fingerprint density at radius 3 is 2.36 bits per heavy atom. The van der Waals surface area contributed by atoms with E-state index in [2.05, 4.69) is 31.3 Å². The summed E-state index contributed by atoms with van der Waals surface area (Å²) >= 11 is 12.0. The predicted molar refractivity (Wildman–Crippen MR) is 114 cm³/mol. The molecule has 1 heterocycles. The maximum Gasteiger partial charge on any atom is 0.271 e. The average molecular weight is 415 g/mol. The van der Waals surface area contributed by atoms with Crippen LogP contribution in [-0.2, 0) is 5.41 Å². The molecule has 1 aromatic heterocycles. The molecular formula is C22H20Cl2N2O2. The number of nitrogens with one attached hydrogen (secondary N) is 1. The summed E-state index contributed by atoms with van der Waals surface area (Å²) in [5.41, 5.74) is 5.05.